The van der Waals surface area contributed by atoms with E-state index in [1.807, 2.05) is 30.3 Å². The van der Waals surface area contributed by atoms with Crippen molar-refractivity contribution in [3.63, 3.8) is 0 Å². The maximum atomic E-state index is 14.0. The predicted octanol–water partition coefficient (Wildman–Crippen LogP) is 17.1. The van der Waals surface area contributed by atoms with Crippen molar-refractivity contribution < 1.29 is 5.11 Å². The van der Waals surface area contributed by atoms with E-state index in [4.69, 9.17) is 9.97 Å². The lowest BCUT2D eigenvalue weighted by molar-refractivity contribution is 0.145. The van der Waals surface area contributed by atoms with E-state index in [0.717, 1.165) is 112 Å². The molecule has 8 aromatic rings. The monoisotopic (exact) mass is 943 g/mol. The third-order valence-electron chi connectivity index (χ3n) is 15.1. The Hall–Kier alpha value is -7.34. The Morgan fingerprint density at radius 1 is 0.403 bits per heavy atom. The molecule has 0 radical (unpaired) electrons. The van der Waals surface area contributed by atoms with Gasteiger partial charge in [-0.05, 0) is 114 Å². The number of rotatable bonds is 4. The summed E-state index contributed by atoms with van der Waals surface area (Å²) in [7, 11) is 0. The van der Waals surface area contributed by atoms with E-state index in [9.17, 15) is 5.11 Å². The van der Waals surface area contributed by atoms with Gasteiger partial charge in [-0.3, -0.25) is 0 Å². The second-order valence-electron chi connectivity index (χ2n) is 24.3. The van der Waals surface area contributed by atoms with Gasteiger partial charge in [-0.2, -0.15) is 0 Å². The fourth-order valence-electron chi connectivity index (χ4n) is 10.8. The first-order valence-corrected chi connectivity index (χ1v) is 25.5. The Bertz CT molecular complexity index is 3690. The van der Waals surface area contributed by atoms with Crippen LogP contribution in [-0.2, 0) is 27.3 Å². The van der Waals surface area contributed by atoms with Crippen molar-refractivity contribution in [3.05, 3.63) is 202 Å². The number of nitrogens with zero attached hydrogens (tertiary/aromatic N) is 2. The van der Waals surface area contributed by atoms with Crippen LogP contribution in [-0.4, -0.2) is 25.0 Å². The lowest BCUT2D eigenvalue weighted by atomic mass is 9.69. The molecule has 3 aromatic heterocycles. The first kappa shape index (κ1) is 47.0. The standard InChI is InChI=1S/C67H66N4O/c1-63(2,3)43-24-18-40(19-25-43)58-51-32-33-52(68-51)59(41-20-26-44(27-21-41)64(4,5)6)54-36-37-56(70-54)61-48-31-30-47(66(10,11)12)38-49(48)67(72,46-16-14-13-15-17-46)50-39-57(71-62(50)61)60(55-35-34-53(58)69-55)42-22-28-45(29-23-42)65(7,8)9/h13-39,68,70,72H,1-12H3. The summed E-state index contributed by atoms with van der Waals surface area (Å²) in [6.07, 6.45) is 6.44. The molecule has 0 amide bonds. The Balaban J connectivity index is 1.32. The first-order chi connectivity index (χ1) is 34.1. The van der Waals surface area contributed by atoms with Gasteiger partial charge in [-0.1, -0.05) is 204 Å². The maximum Gasteiger partial charge on any atom is 0.143 e. The number of hydrogen-bond acceptors (Lipinski definition) is 3. The highest BCUT2D eigenvalue weighted by molar-refractivity contribution is 6.07. The molecule has 2 aliphatic heterocycles. The van der Waals surface area contributed by atoms with Gasteiger partial charge in [0.1, 0.15) is 5.60 Å². The van der Waals surface area contributed by atoms with Crippen LogP contribution in [0.25, 0.3) is 90.4 Å². The van der Waals surface area contributed by atoms with E-state index < -0.39 is 5.60 Å². The molecule has 5 aromatic carbocycles. The second-order valence-corrected chi connectivity index (χ2v) is 24.3. The molecular formula is C67H66N4O. The van der Waals surface area contributed by atoms with Crippen LogP contribution in [0.15, 0.2) is 146 Å². The third-order valence-corrected chi connectivity index (χ3v) is 15.1. The minimum atomic E-state index is -1.54. The summed E-state index contributed by atoms with van der Waals surface area (Å²) < 4.78 is 0. The van der Waals surface area contributed by atoms with Crippen LogP contribution in [0.5, 0.6) is 0 Å². The molecule has 3 aliphatic rings. The van der Waals surface area contributed by atoms with Gasteiger partial charge >= 0.3 is 0 Å². The summed E-state index contributed by atoms with van der Waals surface area (Å²) in [5, 5.41) is 14.0. The van der Waals surface area contributed by atoms with E-state index in [1.165, 1.54) is 16.7 Å². The third kappa shape index (κ3) is 7.99. The average Bonchev–Trinajstić information content (AvgIpc) is 4.19. The van der Waals surface area contributed by atoms with Crippen molar-refractivity contribution >= 4 is 45.9 Å². The van der Waals surface area contributed by atoms with Crippen LogP contribution in [0, 0.1) is 0 Å². The Kier molecular flexibility index (Phi) is 10.8. The number of nitrogens with one attached hydrogen (secondary N) is 2. The van der Waals surface area contributed by atoms with Gasteiger partial charge < -0.3 is 15.1 Å². The highest BCUT2D eigenvalue weighted by Crippen LogP contribution is 2.55. The normalized spacial score (nSPS) is 15.7. The van der Waals surface area contributed by atoms with Crippen molar-refractivity contribution in [2.45, 2.75) is 110 Å². The smallest absolute Gasteiger partial charge is 0.143 e. The van der Waals surface area contributed by atoms with E-state index in [2.05, 4.69) is 227 Å². The zero-order valence-corrected chi connectivity index (χ0v) is 43.9. The minimum Gasteiger partial charge on any atom is -0.376 e. The Morgan fingerprint density at radius 2 is 0.819 bits per heavy atom. The molecule has 1 unspecified atom stereocenters. The van der Waals surface area contributed by atoms with Crippen LogP contribution >= 0.6 is 0 Å². The van der Waals surface area contributed by atoms with E-state index in [0.29, 0.717) is 0 Å². The minimum absolute atomic E-state index is 0.00348. The van der Waals surface area contributed by atoms with Gasteiger partial charge in [0.05, 0.1) is 22.8 Å². The van der Waals surface area contributed by atoms with Crippen LogP contribution in [0.4, 0.5) is 0 Å². The molecule has 72 heavy (non-hydrogen) atoms. The molecule has 0 saturated heterocycles. The molecule has 360 valence electrons. The topological polar surface area (TPSA) is 77.6 Å². The van der Waals surface area contributed by atoms with Crippen LogP contribution in [0.1, 0.15) is 139 Å². The van der Waals surface area contributed by atoms with Crippen LogP contribution < -0.4 is 0 Å². The number of aromatic nitrogens is 4. The summed E-state index contributed by atoms with van der Waals surface area (Å²) in [4.78, 5) is 19.3. The molecule has 5 nitrogen and oxygen atoms in total. The summed E-state index contributed by atoms with van der Waals surface area (Å²) >= 11 is 0. The van der Waals surface area contributed by atoms with E-state index >= 15 is 0 Å². The van der Waals surface area contributed by atoms with Gasteiger partial charge in [0, 0.05) is 55.5 Å². The number of fused-ring (bicyclic) bond motifs is 10. The molecule has 11 rings (SSSR count). The Morgan fingerprint density at radius 3 is 1.31 bits per heavy atom. The van der Waals surface area contributed by atoms with Crippen molar-refractivity contribution in [1.29, 1.82) is 0 Å². The predicted molar refractivity (Wildman–Crippen MR) is 304 cm³/mol. The molecule has 5 heterocycles. The van der Waals surface area contributed by atoms with Gasteiger partial charge in [-0.15, -0.1) is 0 Å². The Labute approximate surface area is 425 Å². The largest absolute Gasteiger partial charge is 0.376 e. The summed E-state index contributed by atoms with van der Waals surface area (Å²) in [6, 6.07) is 52.5. The molecule has 1 atom stereocenters. The van der Waals surface area contributed by atoms with Crippen LogP contribution in [0.3, 0.4) is 0 Å². The maximum absolute atomic E-state index is 14.0. The van der Waals surface area contributed by atoms with Gasteiger partial charge in [0.2, 0.25) is 0 Å². The quantitative estimate of drug-likeness (QED) is 0.164. The number of H-pyrrole nitrogens is 2. The van der Waals surface area contributed by atoms with E-state index in [1.54, 1.807) is 0 Å². The first-order valence-electron chi connectivity index (χ1n) is 25.5. The van der Waals surface area contributed by atoms with Gasteiger partial charge in [-0.25, -0.2) is 9.97 Å². The summed E-state index contributed by atoms with van der Waals surface area (Å²) in [6.45, 7) is 27.0. The highest BCUT2D eigenvalue weighted by atomic mass is 16.3. The second kappa shape index (κ2) is 16.6. The van der Waals surface area contributed by atoms with E-state index in [-0.39, 0.29) is 21.7 Å². The van der Waals surface area contributed by atoms with Crippen LogP contribution in [0.2, 0.25) is 0 Å². The number of aromatic amines is 2. The summed E-state index contributed by atoms with van der Waals surface area (Å²) in [5.41, 5.74) is 20.4. The highest BCUT2D eigenvalue weighted by Gasteiger charge is 2.46. The fraction of sp³-hybridized carbons (Fsp3) is 0.254. The molecule has 8 bridgehead atoms. The molecule has 3 N–H and O–H groups in total. The summed E-state index contributed by atoms with van der Waals surface area (Å²) in [5.74, 6) is 0. The fourth-order valence-corrected chi connectivity index (χ4v) is 10.8. The molecule has 0 saturated carbocycles. The lowest BCUT2D eigenvalue weighted by Crippen LogP contribution is -2.32. The number of aliphatic hydroxyl groups is 1. The number of hydrogen-bond donors (Lipinski definition) is 3. The van der Waals surface area contributed by atoms with Crippen molar-refractivity contribution in [1.82, 2.24) is 19.9 Å². The molecule has 1 aliphatic carbocycles. The lowest BCUT2D eigenvalue weighted by Gasteiger charge is -2.38. The van der Waals surface area contributed by atoms with Crippen molar-refractivity contribution in [2.75, 3.05) is 0 Å². The van der Waals surface area contributed by atoms with Crippen molar-refractivity contribution in [2.24, 2.45) is 0 Å². The molecular weight excluding hydrogens is 877 g/mol. The zero-order valence-electron chi connectivity index (χ0n) is 43.9. The SMILES string of the molecule is CC(C)(C)c1ccc(-c2c3nc(c(-c4ccc(C(C)(C)C)cc4)c4ccc([nH]4)c(-c4ccc(C(C)(C)C)cc4)c4ccc([nH]4)c4c5nc2C=C5C(O)(c2ccccc2)c2cc(C(C)(C)C)ccc2-4)C=C3)cc1. The zero-order chi connectivity index (χ0) is 50.7. The average molecular weight is 943 g/mol. The molecule has 0 fully saturated rings. The molecule has 5 heteroatoms. The van der Waals surface area contributed by atoms with Gasteiger partial charge in [0.25, 0.3) is 0 Å². The molecule has 0 spiro atoms. The number of benzene rings is 5. The van der Waals surface area contributed by atoms with Gasteiger partial charge in [0.15, 0.2) is 0 Å². The van der Waals surface area contributed by atoms with Crippen molar-refractivity contribution in [3.8, 4) is 44.5 Å².